The Labute approximate surface area is 263 Å². The molecular weight excluding hydrogens is 566 g/mol. The molecule has 4 aromatic carbocycles. The predicted molar refractivity (Wildman–Crippen MR) is 175 cm³/mol. The van der Waals surface area contributed by atoms with E-state index in [2.05, 4.69) is 34.9 Å². The summed E-state index contributed by atoms with van der Waals surface area (Å²) >= 11 is 0. The highest BCUT2D eigenvalue weighted by Crippen LogP contribution is 2.44. The number of fused-ring (bicyclic) bond motifs is 3. The van der Waals surface area contributed by atoms with Gasteiger partial charge in [0.1, 0.15) is 18.2 Å². The lowest BCUT2D eigenvalue weighted by Crippen LogP contribution is -2.51. The number of ether oxygens (including phenoxy) is 2. The fourth-order valence-electron chi connectivity index (χ4n) is 5.52. The van der Waals surface area contributed by atoms with Crippen molar-refractivity contribution in [1.82, 2.24) is 5.32 Å². The number of hydrogen-bond donors (Lipinski definition) is 3. The first kappa shape index (κ1) is 31.5. The first-order valence-electron chi connectivity index (χ1n) is 15.1. The molecule has 4 N–H and O–H groups in total. The van der Waals surface area contributed by atoms with Crippen LogP contribution < -0.4 is 16.4 Å². The minimum absolute atomic E-state index is 0.0271. The van der Waals surface area contributed by atoms with Crippen LogP contribution in [-0.4, -0.2) is 42.3 Å². The molecule has 45 heavy (non-hydrogen) atoms. The summed E-state index contributed by atoms with van der Waals surface area (Å²) in [6, 6.07) is 31.1. The predicted octanol–water partition coefficient (Wildman–Crippen LogP) is 5.99. The van der Waals surface area contributed by atoms with Crippen molar-refractivity contribution in [2.75, 3.05) is 11.9 Å². The largest absolute Gasteiger partial charge is 0.458 e. The molecule has 0 aliphatic heterocycles. The molecule has 0 bridgehead atoms. The third kappa shape index (κ3) is 8.16. The Balaban J connectivity index is 1.14. The molecule has 8 heteroatoms. The van der Waals surface area contributed by atoms with Crippen molar-refractivity contribution in [3.8, 4) is 11.1 Å². The Morgan fingerprint density at radius 3 is 1.91 bits per heavy atom. The summed E-state index contributed by atoms with van der Waals surface area (Å²) in [4.78, 5) is 38.6. The average Bonchev–Trinajstić information content (AvgIpc) is 3.34. The van der Waals surface area contributed by atoms with Gasteiger partial charge < -0.3 is 20.5 Å². The first-order valence-corrected chi connectivity index (χ1v) is 15.1. The molecule has 232 valence electrons. The molecule has 1 aliphatic rings. The Kier molecular flexibility index (Phi) is 9.64. The van der Waals surface area contributed by atoms with Crippen LogP contribution in [0.3, 0.4) is 0 Å². The normalized spacial score (nSPS) is 13.6. The number of carbonyl (C=O) groups excluding carboxylic acids is 3. The van der Waals surface area contributed by atoms with Crippen LogP contribution in [-0.2, 0) is 31.9 Å². The van der Waals surface area contributed by atoms with Crippen LogP contribution in [0.5, 0.6) is 0 Å². The molecular formula is C37H39N3O5. The summed E-state index contributed by atoms with van der Waals surface area (Å²) in [7, 11) is 0. The standard InChI is InChI=1S/C37H39N3O5/c1-37(2,3)45-35(42)33(22-24-11-5-4-6-12-24)40-34(41)32(38)21-25-17-19-26(20-18-25)39-36(43)44-23-31-29-15-9-7-13-27(29)28-14-8-10-16-30(28)31/h4-20,31-33H,21-23,38H2,1-3H3,(H,39,43)(H,40,41)/t32-,33-/m0/s1. The molecule has 5 rings (SSSR count). The highest BCUT2D eigenvalue weighted by molar-refractivity contribution is 5.88. The number of anilines is 1. The zero-order valence-electron chi connectivity index (χ0n) is 25.8. The Morgan fingerprint density at radius 1 is 0.756 bits per heavy atom. The fourth-order valence-corrected chi connectivity index (χ4v) is 5.52. The number of rotatable bonds is 10. The number of benzene rings is 4. The highest BCUT2D eigenvalue weighted by atomic mass is 16.6. The lowest BCUT2D eigenvalue weighted by atomic mass is 9.98. The molecule has 0 aromatic heterocycles. The SMILES string of the molecule is CC(C)(C)OC(=O)[C@H](Cc1ccccc1)NC(=O)[C@@H](N)Cc1ccc(NC(=O)OCC2c3ccccc3-c3ccccc32)cc1. The molecule has 0 fully saturated rings. The van der Waals surface area contributed by atoms with Gasteiger partial charge >= 0.3 is 12.1 Å². The third-order valence-electron chi connectivity index (χ3n) is 7.63. The lowest BCUT2D eigenvalue weighted by molar-refractivity contribution is -0.158. The topological polar surface area (TPSA) is 120 Å². The Morgan fingerprint density at radius 2 is 1.31 bits per heavy atom. The summed E-state index contributed by atoms with van der Waals surface area (Å²) in [5.74, 6) is -1.00. The van der Waals surface area contributed by atoms with E-state index in [1.165, 1.54) is 11.1 Å². The molecule has 4 aromatic rings. The minimum Gasteiger partial charge on any atom is -0.458 e. The number of hydrogen-bond acceptors (Lipinski definition) is 6. The van der Waals surface area contributed by atoms with Crippen molar-refractivity contribution in [2.24, 2.45) is 5.73 Å². The minimum atomic E-state index is -0.897. The van der Waals surface area contributed by atoms with Crippen molar-refractivity contribution >= 4 is 23.7 Å². The summed E-state index contributed by atoms with van der Waals surface area (Å²) in [6.45, 7) is 5.56. The van der Waals surface area contributed by atoms with Gasteiger partial charge in [-0.15, -0.1) is 0 Å². The van der Waals surface area contributed by atoms with Gasteiger partial charge in [-0.1, -0.05) is 91.0 Å². The number of esters is 1. The van der Waals surface area contributed by atoms with E-state index in [9.17, 15) is 14.4 Å². The van der Waals surface area contributed by atoms with E-state index in [0.29, 0.717) is 5.69 Å². The van der Waals surface area contributed by atoms with Crippen molar-refractivity contribution < 1.29 is 23.9 Å². The molecule has 0 saturated carbocycles. The van der Waals surface area contributed by atoms with Crippen LogP contribution in [0.2, 0.25) is 0 Å². The quantitative estimate of drug-likeness (QED) is 0.191. The maximum absolute atomic E-state index is 13.0. The van der Waals surface area contributed by atoms with E-state index in [-0.39, 0.29) is 25.4 Å². The Bertz CT molecular complexity index is 1600. The highest BCUT2D eigenvalue weighted by Gasteiger charge is 2.30. The molecule has 8 nitrogen and oxygen atoms in total. The summed E-state index contributed by atoms with van der Waals surface area (Å²) in [5, 5.41) is 5.56. The third-order valence-corrected chi connectivity index (χ3v) is 7.63. The fraction of sp³-hybridized carbons (Fsp3) is 0.270. The Hall–Kier alpha value is -4.95. The van der Waals surface area contributed by atoms with Crippen LogP contribution >= 0.6 is 0 Å². The molecule has 2 amide bonds. The number of nitrogens with one attached hydrogen (secondary N) is 2. The van der Waals surface area contributed by atoms with Gasteiger partial charge in [0.05, 0.1) is 6.04 Å². The summed E-state index contributed by atoms with van der Waals surface area (Å²) in [6.07, 6.45) is -0.0271. The van der Waals surface area contributed by atoms with Crippen LogP contribution in [0, 0.1) is 0 Å². The molecule has 0 heterocycles. The molecule has 0 saturated heterocycles. The van der Waals surface area contributed by atoms with Gasteiger partial charge in [0.2, 0.25) is 5.91 Å². The maximum atomic E-state index is 13.0. The van der Waals surface area contributed by atoms with E-state index in [1.54, 1.807) is 45.0 Å². The van der Waals surface area contributed by atoms with Crippen LogP contribution in [0.25, 0.3) is 11.1 Å². The van der Waals surface area contributed by atoms with Gasteiger partial charge in [0.25, 0.3) is 0 Å². The van der Waals surface area contributed by atoms with Crippen molar-refractivity contribution in [3.05, 3.63) is 125 Å². The van der Waals surface area contributed by atoms with E-state index in [4.69, 9.17) is 15.2 Å². The number of carbonyl (C=O) groups is 3. The van der Waals surface area contributed by atoms with Gasteiger partial charge in [-0.3, -0.25) is 10.1 Å². The van der Waals surface area contributed by atoms with E-state index in [0.717, 1.165) is 22.3 Å². The molecule has 0 spiro atoms. The van der Waals surface area contributed by atoms with Crippen molar-refractivity contribution in [3.63, 3.8) is 0 Å². The van der Waals surface area contributed by atoms with E-state index < -0.39 is 35.7 Å². The monoisotopic (exact) mass is 605 g/mol. The first-order chi connectivity index (χ1) is 21.6. The van der Waals surface area contributed by atoms with Crippen LogP contribution in [0.1, 0.15) is 48.9 Å². The molecule has 0 unspecified atom stereocenters. The van der Waals surface area contributed by atoms with Gasteiger partial charge in [-0.25, -0.2) is 9.59 Å². The number of nitrogens with two attached hydrogens (primary N) is 1. The summed E-state index contributed by atoms with van der Waals surface area (Å²) < 4.78 is 11.2. The van der Waals surface area contributed by atoms with Gasteiger partial charge in [0, 0.05) is 18.0 Å². The summed E-state index contributed by atoms with van der Waals surface area (Å²) in [5.41, 5.74) is 12.4. The maximum Gasteiger partial charge on any atom is 0.411 e. The second kappa shape index (κ2) is 13.8. The van der Waals surface area contributed by atoms with Gasteiger partial charge in [-0.2, -0.15) is 0 Å². The zero-order chi connectivity index (χ0) is 32.0. The zero-order valence-corrected chi connectivity index (χ0v) is 25.8. The molecule has 1 aliphatic carbocycles. The molecule has 0 radical (unpaired) electrons. The van der Waals surface area contributed by atoms with Crippen molar-refractivity contribution in [2.45, 2.75) is 57.2 Å². The second-order valence-corrected chi connectivity index (χ2v) is 12.2. The van der Waals surface area contributed by atoms with Crippen LogP contribution in [0.4, 0.5) is 10.5 Å². The smallest absolute Gasteiger partial charge is 0.411 e. The van der Waals surface area contributed by atoms with Gasteiger partial charge in [0.15, 0.2) is 0 Å². The van der Waals surface area contributed by atoms with E-state index >= 15 is 0 Å². The average molecular weight is 606 g/mol. The number of amides is 2. The second-order valence-electron chi connectivity index (χ2n) is 12.2. The van der Waals surface area contributed by atoms with Crippen LogP contribution in [0.15, 0.2) is 103 Å². The molecule has 2 atom stereocenters. The van der Waals surface area contributed by atoms with E-state index in [1.807, 2.05) is 54.6 Å². The lowest BCUT2D eigenvalue weighted by Gasteiger charge is -2.25. The van der Waals surface area contributed by atoms with Gasteiger partial charge in [-0.05, 0) is 72.7 Å². The van der Waals surface area contributed by atoms with Crippen molar-refractivity contribution in [1.29, 1.82) is 0 Å².